The summed E-state index contributed by atoms with van der Waals surface area (Å²) in [7, 11) is -4.14. The Morgan fingerprint density at radius 1 is 1.57 bits per heavy atom. The van der Waals surface area contributed by atoms with E-state index >= 15 is 0 Å². The zero-order chi connectivity index (χ0) is 16.0. The van der Waals surface area contributed by atoms with Crippen molar-refractivity contribution in [2.24, 2.45) is 0 Å². The van der Waals surface area contributed by atoms with Crippen LogP contribution in [0.25, 0.3) is 0 Å². The number of thioether (sulfide) groups is 1. The summed E-state index contributed by atoms with van der Waals surface area (Å²) in [6.45, 7) is 0. The molecule has 1 rings (SSSR count). The summed E-state index contributed by atoms with van der Waals surface area (Å²) in [5.74, 6) is -1.67. The van der Waals surface area contributed by atoms with Crippen LogP contribution in [0.5, 0.6) is 0 Å². The molecule has 0 bridgehead atoms. The summed E-state index contributed by atoms with van der Waals surface area (Å²) in [5, 5.41) is 17.7. The fraction of sp³-hybridized carbons (Fsp3) is 0.333. The molecule has 1 aromatic carbocycles. The van der Waals surface area contributed by atoms with Gasteiger partial charge in [0.2, 0.25) is 10.0 Å². The lowest BCUT2D eigenvalue weighted by Gasteiger charge is -2.14. The van der Waals surface area contributed by atoms with Crippen LogP contribution in [-0.4, -0.2) is 37.5 Å². The number of carboxylic acid groups (broad SMARTS) is 1. The molecule has 1 atom stereocenters. The van der Waals surface area contributed by atoms with Crippen molar-refractivity contribution in [1.29, 1.82) is 5.26 Å². The summed E-state index contributed by atoms with van der Waals surface area (Å²) in [6, 6.07) is 2.95. The number of halogens is 1. The van der Waals surface area contributed by atoms with E-state index < -0.39 is 33.4 Å². The van der Waals surface area contributed by atoms with Gasteiger partial charge in [0.25, 0.3) is 0 Å². The van der Waals surface area contributed by atoms with E-state index in [1.54, 1.807) is 6.26 Å². The highest BCUT2D eigenvalue weighted by Crippen LogP contribution is 2.15. The number of hydrogen-bond donors (Lipinski definition) is 2. The van der Waals surface area contributed by atoms with Crippen molar-refractivity contribution in [3.63, 3.8) is 0 Å². The minimum atomic E-state index is -4.14. The van der Waals surface area contributed by atoms with Crippen molar-refractivity contribution < 1.29 is 22.7 Å². The highest BCUT2D eigenvalue weighted by Gasteiger charge is 2.25. The van der Waals surface area contributed by atoms with Gasteiger partial charge in [-0.2, -0.15) is 21.7 Å². The Hall–Kier alpha value is -1.63. The lowest BCUT2D eigenvalue weighted by Crippen LogP contribution is -2.41. The maximum absolute atomic E-state index is 13.2. The molecule has 0 heterocycles. The molecule has 0 spiro atoms. The third kappa shape index (κ3) is 4.70. The van der Waals surface area contributed by atoms with Gasteiger partial charge in [-0.3, -0.25) is 4.79 Å². The molecule has 21 heavy (non-hydrogen) atoms. The molecule has 114 valence electrons. The standard InChI is InChI=1S/C12H13FN2O4S2/c1-20-5-4-11(12(16)17)15-21(18,19)9-2-3-10(13)8(6-9)7-14/h2-3,6,11,15H,4-5H2,1H3,(H,16,17)/t11-/m1/s1. The van der Waals surface area contributed by atoms with Crippen molar-refractivity contribution in [2.45, 2.75) is 17.4 Å². The minimum absolute atomic E-state index is 0.113. The van der Waals surface area contributed by atoms with Crippen LogP contribution in [-0.2, 0) is 14.8 Å². The molecule has 0 fully saturated rings. The Morgan fingerprint density at radius 2 is 2.24 bits per heavy atom. The van der Waals surface area contributed by atoms with Gasteiger partial charge in [0.05, 0.1) is 10.5 Å². The summed E-state index contributed by atoms with van der Waals surface area (Å²) < 4.78 is 39.4. The first-order valence-corrected chi connectivity index (χ1v) is 8.63. The van der Waals surface area contributed by atoms with E-state index in [4.69, 9.17) is 10.4 Å². The average Bonchev–Trinajstić information content (AvgIpc) is 2.43. The molecule has 6 nitrogen and oxygen atoms in total. The smallest absolute Gasteiger partial charge is 0.321 e. The number of benzene rings is 1. The highest BCUT2D eigenvalue weighted by atomic mass is 32.2. The summed E-state index contributed by atoms with van der Waals surface area (Å²) in [6.07, 6.45) is 1.88. The third-order valence-electron chi connectivity index (χ3n) is 2.57. The van der Waals surface area contributed by atoms with Gasteiger partial charge < -0.3 is 5.11 Å². The largest absolute Gasteiger partial charge is 0.480 e. The van der Waals surface area contributed by atoms with Crippen molar-refractivity contribution in [3.8, 4) is 6.07 Å². The topological polar surface area (TPSA) is 107 Å². The lowest BCUT2D eigenvalue weighted by atomic mass is 10.2. The van der Waals surface area contributed by atoms with E-state index in [0.29, 0.717) is 5.75 Å². The number of nitrogens with one attached hydrogen (secondary N) is 1. The molecule has 0 aromatic heterocycles. The van der Waals surface area contributed by atoms with Gasteiger partial charge in [0.15, 0.2) is 0 Å². The van der Waals surface area contributed by atoms with Crippen LogP contribution < -0.4 is 4.72 Å². The van der Waals surface area contributed by atoms with Gasteiger partial charge in [0, 0.05) is 0 Å². The van der Waals surface area contributed by atoms with Crippen molar-refractivity contribution in [3.05, 3.63) is 29.6 Å². The second-order valence-electron chi connectivity index (χ2n) is 4.05. The third-order valence-corrected chi connectivity index (χ3v) is 4.69. The van der Waals surface area contributed by atoms with E-state index in [0.717, 1.165) is 18.2 Å². The summed E-state index contributed by atoms with van der Waals surface area (Å²) in [5.41, 5.74) is -0.422. The number of carboxylic acids is 1. The Balaban J connectivity index is 3.05. The lowest BCUT2D eigenvalue weighted by molar-refractivity contribution is -0.139. The van der Waals surface area contributed by atoms with Gasteiger partial charge in [-0.05, 0) is 36.6 Å². The number of carbonyl (C=O) groups is 1. The van der Waals surface area contributed by atoms with Crippen LogP contribution in [0.1, 0.15) is 12.0 Å². The number of sulfonamides is 1. The van der Waals surface area contributed by atoms with E-state index in [9.17, 15) is 17.6 Å². The van der Waals surface area contributed by atoms with Crippen LogP contribution >= 0.6 is 11.8 Å². The second kappa shape index (κ2) is 7.40. The van der Waals surface area contributed by atoms with E-state index in [-0.39, 0.29) is 11.3 Å². The molecular weight excluding hydrogens is 319 g/mol. The Kier molecular flexibility index (Phi) is 6.14. The van der Waals surface area contributed by atoms with E-state index in [1.807, 2.05) is 4.72 Å². The molecule has 0 aliphatic heterocycles. The number of nitrogens with zero attached hydrogens (tertiary/aromatic N) is 1. The fourth-order valence-electron chi connectivity index (χ4n) is 1.48. The van der Waals surface area contributed by atoms with Crippen molar-refractivity contribution in [1.82, 2.24) is 4.72 Å². The maximum atomic E-state index is 13.2. The SMILES string of the molecule is CSCC[C@@H](NS(=O)(=O)c1ccc(F)c(C#N)c1)C(=O)O. The molecule has 0 saturated carbocycles. The van der Waals surface area contributed by atoms with Crippen LogP contribution in [0.3, 0.4) is 0 Å². The number of aliphatic carboxylic acids is 1. The zero-order valence-corrected chi connectivity index (χ0v) is 12.7. The van der Waals surface area contributed by atoms with Crippen LogP contribution in [0.15, 0.2) is 23.1 Å². The van der Waals surface area contributed by atoms with E-state index in [1.165, 1.54) is 17.8 Å². The first kappa shape index (κ1) is 17.4. The highest BCUT2D eigenvalue weighted by molar-refractivity contribution is 7.98. The molecule has 9 heteroatoms. The predicted molar refractivity (Wildman–Crippen MR) is 75.9 cm³/mol. The Labute approximate surface area is 126 Å². The fourth-order valence-corrected chi connectivity index (χ4v) is 3.20. The van der Waals surface area contributed by atoms with Gasteiger partial charge in [-0.25, -0.2) is 12.8 Å². The normalized spacial score (nSPS) is 12.6. The Morgan fingerprint density at radius 3 is 2.76 bits per heavy atom. The summed E-state index contributed by atoms with van der Waals surface area (Å²) >= 11 is 1.39. The Bertz CT molecular complexity index is 670. The van der Waals surface area contributed by atoms with Gasteiger partial charge in [-0.15, -0.1) is 0 Å². The molecule has 0 aliphatic carbocycles. The molecule has 2 N–H and O–H groups in total. The number of rotatable bonds is 7. The molecular formula is C12H13FN2O4S2. The molecule has 0 radical (unpaired) electrons. The predicted octanol–water partition coefficient (Wildman–Crippen LogP) is 1.18. The monoisotopic (exact) mass is 332 g/mol. The second-order valence-corrected chi connectivity index (χ2v) is 6.75. The molecule has 0 amide bonds. The molecule has 0 unspecified atom stereocenters. The quantitative estimate of drug-likeness (QED) is 0.776. The number of nitriles is 1. The number of hydrogen-bond acceptors (Lipinski definition) is 5. The van der Waals surface area contributed by atoms with Crippen molar-refractivity contribution >= 4 is 27.8 Å². The van der Waals surface area contributed by atoms with Gasteiger partial charge in [0.1, 0.15) is 17.9 Å². The molecule has 0 aliphatic rings. The average molecular weight is 332 g/mol. The summed E-state index contributed by atoms with van der Waals surface area (Å²) in [4.78, 5) is 10.7. The van der Waals surface area contributed by atoms with Gasteiger partial charge in [-0.1, -0.05) is 0 Å². The van der Waals surface area contributed by atoms with Crippen LogP contribution in [0.2, 0.25) is 0 Å². The van der Waals surface area contributed by atoms with Crippen molar-refractivity contribution in [2.75, 3.05) is 12.0 Å². The minimum Gasteiger partial charge on any atom is -0.480 e. The molecule has 1 aromatic rings. The van der Waals surface area contributed by atoms with Gasteiger partial charge >= 0.3 is 5.97 Å². The van der Waals surface area contributed by atoms with Crippen LogP contribution in [0.4, 0.5) is 4.39 Å². The first-order chi connectivity index (χ1) is 9.81. The first-order valence-electron chi connectivity index (χ1n) is 5.75. The van der Waals surface area contributed by atoms with E-state index in [2.05, 4.69) is 0 Å². The maximum Gasteiger partial charge on any atom is 0.321 e. The molecule has 0 saturated heterocycles. The van der Waals surface area contributed by atoms with Crippen LogP contribution in [0, 0.1) is 17.1 Å². The zero-order valence-electron chi connectivity index (χ0n) is 11.0.